The van der Waals surface area contributed by atoms with Crippen molar-refractivity contribution in [3.8, 4) is 0 Å². The molecule has 3 heteroatoms. The third kappa shape index (κ3) is 2.03. The van der Waals surface area contributed by atoms with E-state index >= 15 is 0 Å². The summed E-state index contributed by atoms with van der Waals surface area (Å²) in [6.45, 7) is 1.93. The molecule has 3 nitrogen and oxygen atoms in total. The number of carbonyl (C=O) groups excluding carboxylic acids is 2. The molecule has 2 amide bonds. The maximum atomic E-state index is 11.8. The van der Waals surface area contributed by atoms with Crippen LogP contribution >= 0.6 is 0 Å². The van der Waals surface area contributed by atoms with E-state index in [1.165, 1.54) is 11.8 Å². The third-order valence-electron chi connectivity index (χ3n) is 2.65. The van der Waals surface area contributed by atoms with Crippen molar-refractivity contribution in [2.75, 3.05) is 6.54 Å². The average molecular weight is 215 g/mol. The van der Waals surface area contributed by atoms with Crippen LogP contribution in [0.4, 0.5) is 0 Å². The van der Waals surface area contributed by atoms with E-state index in [1.54, 1.807) is 0 Å². The van der Waals surface area contributed by atoms with Gasteiger partial charge in [0, 0.05) is 19.0 Å². The molecule has 0 bridgehead atoms. The Kier molecular flexibility index (Phi) is 2.86. The van der Waals surface area contributed by atoms with Crippen LogP contribution in [-0.2, 0) is 9.59 Å². The number of rotatable bonds is 1. The van der Waals surface area contributed by atoms with E-state index in [1.807, 2.05) is 36.4 Å². The van der Waals surface area contributed by atoms with Gasteiger partial charge in [0.2, 0.25) is 5.91 Å². The smallest absolute Gasteiger partial charge is 0.256 e. The van der Waals surface area contributed by atoms with Gasteiger partial charge in [0.05, 0.1) is 0 Å². The highest BCUT2D eigenvalue weighted by Gasteiger charge is 2.28. The Morgan fingerprint density at radius 1 is 1.31 bits per heavy atom. The maximum Gasteiger partial charge on any atom is 0.256 e. The summed E-state index contributed by atoms with van der Waals surface area (Å²) in [6, 6.07) is 9.66. The number of carbonyl (C=O) groups is 2. The second-order valence-electron chi connectivity index (χ2n) is 3.81. The molecule has 1 heterocycles. The number of nitrogens with zero attached hydrogens (tertiary/aromatic N) is 1. The van der Waals surface area contributed by atoms with E-state index < -0.39 is 0 Å². The van der Waals surface area contributed by atoms with Crippen molar-refractivity contribution in [2.24, 2.45) is 0 Å². The molecule has 0 atom stereocenters. The zero-order valence-corrected chi connectivity index (χ0v) is 9.14. The van der Waals surface area contributed by atoms with Crippen LogP contribution in [0.3, 0.4) is 0 Å². The van der Waals surface area contributed by atoms with Gasteiger partial charge in [0.15, 0.2) is 0 Å². The number of likely N-dealkylation sites (tertiary alicyclic amines) is 1. The maximum absolute atomic E-state index is 11.8. The lowest BCUT2D eigenvalue weighted by atomic mass is 10.1. The van der Waals surface area contributed by atoms with Gasteiger partial charge in [0.25, 0.3) is 5.91 Å². The lowest BCUT2D eigenvalue weighted by Crippen LogP contribution is -2.29. The van der Waals surface area contributed by atoms with Gasteiger partial charge in [-0.3, -0.25) is 14.5 Å². The van der Waals surface area contributed by atoms with E-state index in [0.717, 1.165) is 5.56 Å². The molecule has 1 aromatic rings. The molecule has 1 fully saturated rings. The van der Waals surface area contributed by atoms with Gasteiger partial charge in [-0.25, -0.2) is 0 Å². The third-order valence-corrected chi connectivity index (χ3v) is 2.65. The second kappa shape index (κ2) is 4.31. The van der Waals surface area contributed by atoms with E-state index in [9.17, 15) is 9.59 Å². The van der Waals surface area contributed by atoms with Crippen molar-refractivity contribution in [3.05, 3.63) is 41.5 Å². The summed E-state index contributed by atoms with van der Waals surface area (Å²) >= 11 is 0. The summed E-state index contributed by atoms with van der Waals surface area (Å²) in [6.07, 6.45) is 2.50. The van der Waals surface area contributed by atoms with E-state index in [-0.39, 0.29) is 11.8 Å². The zero-order valence-electron chi connectivity index (χ0n) is 9.14. The normalized spacial score (nSPS) is 18.2. The van der Waals surface area contributed by atoms with Crippen LogP contribution in [0.2, 0.25) is 0 Å². The molecule has 1 aliphatic heterocycles. The quantitative estimate of drug-likeness (QED) is 0.670. The van der Waals surface area contributed by atoms with Crippen LogP contribution < -0.4 is 0 Å². The van der Waals surface area contributed by atoms with E-state index in [0.29, 0.717) is 18.5 Å². The molecule has 0 aliphatic carbocycles. The fraction of sp³-hybridized carbons (Fsp3) is 0.231. The van der Waals surface area contributed by atoms with Crippen molar-refractivity contribution in [1.82, 2.24) is 4.90 Å². The van der Waals surface area contributed by atoms with Crippen molar-refractivity contribution in [3.63, 3.8) is 0 Å². The minimum Gasteiger partial charge on any atom is -0.279 e. The molecule has 1 aromatic carbocycles. The van der Waals surface area contributed by atoms with Crippen LogP contribution in [-0.4, -0.2) is 23.3 Å². The van der Waals surface area contributed by atoms with Gasteiger partial charge in [0.1, 0.15) is 0 Å². The molecule has 82 valence electrons. The number of benzene rings is 1. The topological polar surface area (TPSA) is 37.4 Å². The lowest BCUT2D eigenvalue weighted by Gasteiger charge is -2.08. The lowest BCUT2D eigenvalue weighted by molar-refractivity contribution is -0.138. The van der Waals surface area contributed by atoms with E-state index in [2.05, 4.69) is 0 Å². The molecule has 1 aliphatic rings. The fourth-order valence-electron chi connectivity index (χ4n) is 1.80. The monoisotopic (exact) mass is 215 g/mol. The summed E-state index contributed by atoms with van der Waals surface area (Å²) in [4.78, 5) is 24.2. The molecule has 0 spiro atoms. The van der Waals surface area contributed by atoms with Gasteiger partial charge in [-0.2, -0.15) is 0 Å². The first-order valence-electron chi connectivity index (χ1n) is 5.26. The molecule has 0 aromatic heterocycles. The second-order valence-corrected chi connectivity index (χ2v) is 3.81. The van der Waals surface area contributed by atoms with Crippen LogP contribution in [0.25, 0.3) is 6.08 Å². The van der Waals surface area contributed by atoms with Crippen LogP contribution in [0.1, 0.15) is 18.9 Å². The SMILES string of the molecule is CC(=O)N1CC/C(=C\c2ccccc2)C1=O. The molecule has 0 unspecified atom stereocenters. The van der Waals surface area contributed by atoms with Gasteiger partial charge in [-0.05, 0) is 18.1 Å². The molecular weight excluding hydrogens is 202 g/mol. The van der Waals surface area contributed by atoms with Crippen molar-refractivity contribution < 1.29 is 9.59 Å². The molecule has 0 N–H and O–H groups in total. The molecule has 16 heavy (non-hydrogen) atoms. The van der Waals surface area contributed by atoms with Gasteiger partial charge in [-0.15, -0.1) is 0 Å². The Morgan fingerprint density at radius 2 is 2.00 bits per heavy atom. The Labute approximate surface area is 94.4 Å². The highest BCUT2D eigenvalue weighted by Crippen LogP contribution is 2.20. The first kappa shape index (κ1) is 10.6. The van der Waals surface area contributed by atoms with Gasteiger partial charge in [-0.1, -0.05) is 30.3 Å². The Hall–Kier alpha value is -1.90. The van der Waals surface area contributed by atoms with Crippen LogP contribution in [0.15, 0.2) is 35.9 Å². The predicted molar refractivity (Wildman–Crippen MR) is 61.4 cm³/mol. The first-order chi connectivity index (χ1) is 7.68. The Morgan fingerprint density at radius 3 is 2.56 bits per heavy atom. The van der Waals surface area contributed by atoms with Gasteiger partial charge < -0.3 is 0 Å². The molecule has 0 radical (unpaired) electrons. The highest BCUT2D eigenvalue weighted by molar-refractivity contribution is 6.08. The van der Waals surface area contributed by atoms with Crippen molar-refractivity contribution >= 4 is 17.9 Å². The number of amides is 2. The largest absolute Gasteiger partial charge is 0.279 e. The number of hydrogen-bond donors (Lipinski definition) is 0. The number of imide groups is 1. The molecule has 1 saturated heterocycles. The average Bonchev–Trinajstić information content (AvgIpc) is 2.62. The van der Waals surface area contributed by atoms with E-state index in [4.69, 9.17) is 0 Å². The Balaban J connectivity index is 2.22. The minimum atomic E-state index is -0.179. The standard InChI is InChI=1S/C13H13NO2/c1-10(15)14-8-7-12(13(14)16)9-11-5-3-2-4-6-11/h2-6,9H,7-8H2,1H3/b12-9+. The summed E-state index contributed by atoms with van der Waals surface area (Å²) in [5.41, 5.74) is 1.71. The highest BCUT2D eigenvalue weighted by atomic mass is 16.2. The van der Waals surface area contributed by atoms with Crippen LogP contribution in [0, 0.1) is 0 Å². The molecule has 2 rings (SSSR count). The molecular formula is C13H13NO2. The summed E-state index contributed by atoms with van der Waals surface area (Å²) < 4.78 is 0. The zero-order chi connectivity index (χ0) is 11.5. The minimum absolute atomic E-state index is 0.156. The fourth-order valence-corrected chi connectivity index (χ4v) is 1.80. The van der Waals surface area contributed by atoms with Crippen LogP contribution in [0.5, 0.6) is 0 Å². The summed E-state index contributed by atoms with van der Waals surface area (Å²) in [5, 5.41) is 0. The summed E-state index contributed by atoms with van der Waals surface area (Å²) in [7, 11) is 0. The van der Waals surface area contributed by atoms with Gasteiger partial charge >= 0.3 is 0 Å². The first-order valence-corrected chi connectivity index (χ1v) is 5.26. The van der Waals surface area contributed by atoms with Crippen molar-refractivity contribution in [2.45, 2.75) is 13.3 Å². The molecule has 0 saturated carbocycles. The Bertz CT molecular complexity index is 448. The van der Waals surface area contributed by atoms with Crippen molar-refractivity contribution in [1.29, 1.82) is 0 Å². The summed E-state index contributed by atoms with van der Waals surface area (Å²) in [5.74, 6) is -0.335. The predicted octanol–water partition coefficient (Wildman–Crippen LogP) is 1.85. The number of hydrogen-bond acceptors (Lipinski definition) is 2.